The second-order valence-electron chi connectivity index (χ2n) is 4.99. The zero-order valence-corrected chi connectivity index (χ0v) is 12.3. The number of hydrogen-bond donors (Lipinski definition) is 1. The molecule has 1 aliphatic heterocycles. The van der Waals surface area contributed by atoms with Crippen molar-refractivity contribution in [2.45, 2.75) is 12.5 Å². The number of allylic oxidation sites excluding steroid dienone is 1. The van der Waals surface area contributed by atoms with E-state index in [-0.39, 0.29) is 35.3 Å². The highest BCUT2D eigenvalue weighted by Gasteiger charge is 2.34. The van der Waals surface area contributed by atoms with Crippen LogP contribution in [0.2, 0.25) is 0 Å². The second kappa shape index (κ2) is 6.20. The van der Waals surface area contributed by atoms with E-state index in [1.807, 2.05) is 12.1 Å². The molecule has 24 heavy (non-hydrogen) atoms. The SMILES string of the molecule is N#CC1=C(N)Oc2c(oc(CN=[N+]=[N-])cc2=O)C1c1ccccc1. The van der Waals surface area contributed by atoms with Gasteiger partial charge in [0.15, 0.2) is 5.76 Å². The van der Waals surface area contributed by atoms with E-state index >= 15 is 0 Å². The van der Waals surface area contributed by atoms with E-state index in [0.29, 0.717) is 0 Å². The third-order valence-electron chi connectivity index (χ3n) is 3.55. The molecule has 2 aromatic rings. The van der Waals surface area contributed by atoms with E-state index in [9.17, 15) is 10.1 Å². The number of nitrogens with two attached hydrogens (primary N) is 1. The molecule has 1 atom stereocenters. The quantitative estimate of drug-likeness (QED) is 0.526. The molecule has 118 valence electrons. The Morgan fingerprint density at radius 3 is 2.79 bits per heavy atom. The Morgan fingerprint density at radius 1 is 1.38 bits per heavy atom. The molecule has 8 nitrogen and oxygen atoms in total. The van der Waals surface area contributed by atoms with Gasteiger partial charge in [-0.15, -0.1) is 0 Å². The number of nitrogens with zero attached hydrogens (tertiary/aromatic N) is 4. The van der Waals surface area contributed by atoms with Crippen LogP contribution in [-0.2, 0) is 6.54 Å². The molecule has 1 aromatic carbocycles. The van der Waals surface area contributed by atoms with Crippen LogP contribution in [0, 0.1) is 11.3 Å². The Hall–Kier alpha value is -3.69. The van der Waals surface area contributed by atoms with Crippen LogP contribution >= 0.6 is 0 Å². The summed E-state index contributed by atoms with van der Waals surface area (Å²) in [7, 11) is 0. The highest BCUT2D eigenvalue weighted by Crippen LogP contribution is 2.40. The monoisotopic (exact) mass is 321 g/mol. The number of hydrogen-bond acceptors (Lipinski definition) is 6. The van der Waals surface area contributed by atoms with E-state index in [4.69, 9.17) is 20.4 Å². The molecule has 1 aromatic heterocycles. The Morgan fingerprint density at radius 2 is 2.12 bits per heavy atom. The molecule has 0 amide bonds. The molecule has 2 N–H and O–H groups in total. The highest BCUT2D eigenvalue weighted by molar-refractivity contribution is 5.51. The number of rotatable bonds is 3. The predicted molar refractivity (Wildman–Crippen MR) is 83.6 cm³/mol. The van der Waals surface area contributed by atoms with Crippen LogP contribution in [0.1, 0.15) is 23.0 Å². The summed E-state index contributed by atoms with van der Waals surface area (Å²) in [6.45, 7) is -0.123. The first kappa shape index (κ1) is 15.2. The van der Waals surface area contributed by atoms with E-state index < -0.39 is 11.3 Å². The van der Waals surface area contributed by atoms with Gasteiger partial charge in [-0.2, -0.15) is 5.26 Å². The lowest BCUT2D eigenvalue weighted by molar-refractivity contribution is 0.333. The topological polar surface area (TPSA) is 138 Å². The maximum absolute atomic E-state index is 12.3. The minimum Gasteiger partial charge on any atom is -0.461 e. The lowest BCUT2D eigenvalue weighted by Gasteiger charge is -2.24. The summed E-state index contributed by atoms with van der Waals surface area (Å²) >= 11 is 0. The normalized spacial score (nSPS) is 15.7. The van der Waals surface area contributed by atoms with Crippen LogP contribution in [0.15, 0.2) is 62.2 Å². The summed E-state index contributed by atoms with van der Waals surface area (Å²) in [5.41, 5.74) is 14.7. The van der Waals surface area contributed by atoms with Crippen LogP contribution in [0.25, 0.3) is 10.4 Å². The maximum atomic E-state index is 12.3. The number of benzene rings is 1. The van der Waals surface area contributed by atoms with E-state index in [0.717, 1.165) is 5.56 Å². The molecule has 1 aliphatic rings. The van der Waals surface area contributed by atoms with Crippen molar-refractivity contribution in [1.82, 2.24) is 0 Å². The van der Waals surface area contributed by atoms with E-state index in [2.05, 4.69) is 10.0 Å². The molecule has 8 heteroatoms. The van der Waals surface area contributed by atoms with Gasteiger partial charge in [0, 0.05) is 11.0 Å². The van der Waals surface area contributed by atoms with Crippen molar-refractivity contribution in [2.75, 3.05) is 0 Å². The Balaban J connectivity index is 2.25. The first-order valence-electron chi connectivity index (χ1n) is 6.96. The van der Waals surface area contributed by atoms with Crippen molar-refractivity contribution in [3.8, 4) is 11.8 Å². The average molecular weight is 321 g/mol. The largest absolute Gasteiger partial charge is 0.461 e. The Labute approximate surface area is 136 Å². The second-order valence-corrected chi connectivity index (χ2v) is 4.99. The zero-order valence-electron chi connectivity index (χ0n) is 12.3. The van der Waals surface area contributed by atoms with Crippen molar-refractivity contribution >= 4 is 0 Å². The van der Waals surface area contributed by atoms with Gasteiger partial charge < -0.3 is 14.9 Å². The maximum Gasteiger partial charge on any atom is 0.228 e. The van der Waals surface area contributed by atoms with Crippen molar-refractivity contribution in [2.24, 2.45) is 10.8 Å². The summed E-state index contributed by atoms with van der Waals surface area (Å²) < 4.78 is 11.0. The summed E-state index contributed by atoms with van der Waals surface area (Å²) in [5.74, 6) is -0.515. The summed E-state index contributed by atoms with van der Waals surface area (Å²) in [4.78, 5) is 14.9. The van der Waals surface area contributed by atoms with Gasteiger partial charge in [-0.1, -0.05) is 35.4 Å². The molecule has 3 rings (SSSR count). The van der Waals surface area contributed by atoms with Crippen LogP contribution in [0.3, 0.4) is 0 Å². The third-order valence-corrected chi connectivity index (χ3v) is 3.55. The molecule has 0 radical (unpaired) electrons. The van der Waals surface area contributed by atoms with Gasteiger partial charge in [0.25, 0.3) is 0 Å². The van der Waals surface area contributed by atoms with E-state index in [1.54, 1.807) is 24.3 Å². The van der Waals surface area contributed by atoms with Crippen LogP contribution in [-0.4, -0.2) is 0 Å². The molecule has 0 spiro atoms. The van der Waals surface area contributed by atoms with Crippen LogP contribution in [0.4, 0.5) is 0 Å². The van der Waals surface area contributed by atoms with Gasteiger partial charge in [-0.05, 0) is 11.1 Å². The average Bonchev–Trinajstić information content (AvgIpc) is 2.60. The Bertz CT molecular complexity index is 965. The van der Waals surface area contributed by atoms with Gasteiger partial charge in [0.05, 0.1) is 12.5 Å². The molecule has 1 unspecified atom stereocenters. The fraction of sp³-hybridized carbons (Fsp3) is 0.125. The number of fused-ring (bicyclic) bond motifs is 1. The van der Waals surface area contributed by atoms with Crippen molar-refractivity contribution in [1.29, 1.82) is 5.26 Å². The number of azide groups is 1. The lowest BCUT2D eigenvalue weighted by Crippen LogP contribution is -2.25. The summed E-state index contributed by atoms with van der Waals surface area (Å²) in [6, 6.07) is 12.2. The molecule has 0 saturated heterocycles. The zero-order chi connectivity index (χ0) is 17.1. The fourth-order valence-corrected chi connectivity index (χ4v) is 2.54. The minimum atomic E-state index is -0.668. The lowest BCUT2D eigenvalue weighted by atomic mass is 9.87. The van der Waals surface area contributed by atoms with Crippen LogP contribution in [0.5, 0.6) is 5.75 Å². The van der Waals surface area contributed by atoms with Crippen molar-refractivity contribution < 1.29 is 9.15 Å². The van der Waals surface area contributed by atoms with Gasteiger partial charge >= 0.3 is 0 Å². The molecule has 0 bridgehead atoms. The molecular formula is C16H11N5O3. The Kier molecular flexibility index (Phi) is 3.93. The van der Waals surface area contributed by atoms with Gasteiger partial charge in [-0.25, -0.2) is 0 Å². The van der Waals surface area contributed by atoms with Gasteiger partial charge in [0.2, 0.25) is 17.1 Å². The standard InChI is InChI=1S/C16H11N5O3/c17-7-11-13(9-4-2-1-3-5-9)15-14(24-16(11)18)12(22)6-10(23-15)8-20-21-19/h1-6,13H,8,18H2. The third kappa shape index (κ3) is 2.56. The molecule has 2 heterocycles. The van der Waals surface area contributed by atoms with Crippen LogP contribution < -0.4 is 15.9 Å². The van der Waals surface area contributed by atoms with Gasteiger partial charge in [0.1, 0.15) is 17.4 Å². The number of nitriles is 1. The van der Waals surface area contributed by atoms with Gasteiger partial charge in [-0.3, -0.25) is 4.79 Å². The molecule has 0 aliphatic carbocycles. The molecular weight excluding hydrogens is 310 g/mol. The predicted octanol–water partition coefficient (Wildman–Crippen LogP) is 2.67. The van der Waals surface area contributed by atoms with Crippen molar-refractivity contribution in [3.05, 3.63) is 85.6 Å². The van der Waals surface area contributed by atoms with E-state index in [1.165, 1.54) is 6.07 Å². The fourth-order valence-electron chi connectivity index (χ4n) is 2.54. The first-order chi connectivity index (χ1) is 11.7. The van der Waals surface area contributed by atoms with Crippen molar-refractivity contribution in [3.63, 3.8) is 0 Å². The number of ether oxygens (including phenoxy) is 1. The highest BCUT2D eigenvalue weighted by atomic mass is 16.5. The first-order valence-corrected chi connectivity index (χ1v) is 6.96. The summed E-state index contributed by atoms with van der Waals surface area (Å²) in [6.07, 6.45) is 0. The molecule has 0 fully saturated rings. The minimum absolute atomic E-state index is 0.0648. The smallest absolute Gasteiger partial charge is 0.228 e. The molecule has 0 saturated carbocycles. The summed E-state index contributed by atoms with van der Waals surface area (Å²) in [5, 5.41) is 12.8.